The van der Waals surface area contributed by atoms with Crippen molar-refractivity contribution in [3.8, 4) is 11.5 Å². The number of benzene rings is 1. The highest BCUT2D eigenvalue weighted by molar-refractivity contribution is 7.14. The quantitative estimate of drug-likeness (QED) is 0.781. The molecule has 0 aliphatic heterocycles. The van der Waals surface area contributed by atoms with Crippen molar-refractivity contribution in [2.24, 2.45) is 5.92 Å². The molecule has 1 heterocycles. The van der Waals surface area contributed by atoms with Crippen molar-refractivity contribution in [1.29, 1.82) is 0 Å². The van der Waals surface area contributed by atoms with Gasteiger partial charge in [-0.05, 0) is 61.1 Å². The minimum Gasteiger partial charge on any atom is -0.497 e. The second kappa shape index (κ2) is 7.91. The van der Waals surface area contributed by atoms with Crippen molar-refractivity contribution in [2.45, 2.75) is 26.2 Å². The highest BCUT2D eigenvalue weighted by Crippen LogP contribution is 2.32. The van der Waals surface area contributed by atoms with Crippen LogP contribution in [0.1, 0.15) is 33.5 Å². The van der Waals surface area contributed by atoms with Crippen LogP contribution < -0.4 is 9.47 Å². The Bertz CT molecular complexity index is 723. The number of ether oxygens (including phenoxy) is 2. The van der Waals surface area contributed by atoms with Gasteiger partial charge in [-0.3, -0.25) is 4.79 Å². The molecule has 4 nitrogen and oxygen atoms in total. The number of fused-ring (bicyclic) bond motifs is 1. The smallest absolute Gasteiger partial charge is 0.263 e. The van der Waals surface area contributed by atoms with E-state index in [4.69, 9.17) is 9.47 Å². The predicted octanol–water partition coefficient (Wildman–Crippen LogP) is 4.03. The maximum Gasteiger partial charge on any atom is 0.263 e. The average molecular weight is 359 g/mol. The molecular formula is C20H25NO3S. The van der Waals surface area contributed by atoms with Gasteiger partial charge in [0.1, 0.15) is 18.1 Å². The molecule has 134 valence electrons. The van der Waals surface area contributed by atoms with Gasteiger partial charge in [0.05, 0.1) is 18.5 Å². The molecule has 25 heavy (non-hydrogen) atoms. The van der Waals surface area contributed by atoms with Gasteiger partial charge in [-0.1, -0.05) is 6.92 Å². The zero-order valence-electron chi connectivity index (χ0n) is 15.1. The van der Waals surface area contributed by atoms with Crippen molar-refractivity contribution >= 4 is 17.2 Å². The van der Waals surface area contributed by atoms with Gasteiger partial charge in [0.2, 0.25) is 0 Å². The Balaban J connectivity index is 1.52. The molecule has 0 saturated carbocycles. The Morgan fingerprint density at radius 2 is 2.00 bits per heavy atom. The van der Waals surface area contributed by atoms with Crippen molar-refractivity contribution in [3.63, 3.8) is 0 Å². The molecule has 0 radical (unpaired) electrons. The number of hydrogen-bond acceptors (Lipinski definition) is 4. The van der Waals surface area contributed by atoms with Crippen LogP contribution in [0, 0.1) is 5.92 Å². The second-order valence-corrected chi connectivity index (χ2v) is 7.79. The van der Waals surface area contributed by atoms with Gasteiger partial charge < -0.3 is 14.4 Å². The molecule has 1 aliphatic rings. The Labute approximate surface area is 153 Å². The minimum absolute atomic E-state index is 0.0883. The van der Waals surface area contributed by atoms with E-state index in [-0.39, 0.29) is 5.91 Å². The molecule has 3 rings (SSSR count). The predicted molar refractivity (Wildman–Crippen MR) is 101 cm³/mol. The first-order valence-electron chi connectivity index (χ1n) is 8.70. The number of nitrogens with zero attached hydrogens (tertiary/aromatic N) is 1. The van der Waals surface area contributed by atoms with Crippen molar-refractivity contribution in [2.75, 3.05) is 27.3 Å². The number of thiophene rings is 1. The molecule has 1 aliphatic carbocycles. The molecule has 2 aromatic rings. The molecule has 0 fully saturated rings. The van der Waals surface area contributed by atoms with Crippen LogP contribution in [0.4, 0.5) is 0 Å². The van der Waals surface area contributed by atoms with E-state index in [2.05, 4.69) is 13.0 Å². The van der Waals surface area contributed by atoms with Gasteiger partial charge in [-0.2, -0.15) is 0 Å². The van der Waals surface area contributed by atoms with Gasteiger partial charge in [0.25, 0.3) is 5.91 Å². The van der Waals surface area contributed by atoms with E-state index in [1.165, 1.54) is 16.9 Å². The zero-order chi connectivity index (χ0) is 17.8. The lowest BCUT2D eigenvalue weighted by atomic mass is 9.90. The van der Waals surface area contributed by atoms with E-state index in [1.807, 2.05) is 31.3 Å². The Hall–Kier alpha value is -2.01. The van der Waals surface area contributed by atoms with Crippen molar-refractivity contribution in [3.05, 3.63) is 45.6 Å². The van der Waals surface area contributed by atoms with Gasteiger partial charge in [-0.15, -0.1) is 11.3 Å². The molecule has 1 aromatic heterocycles. The first-order valence-corrected chi connectivity index (χ1v) is 9.52. The SMILES string of the molecule is COc1ccc(OCCN(C)C(=O)c2cc3c(s2)CC[C@H](C)C3)cc1. The minimum atomic E-state index is 0.0883. The molecule has 0 N–H and O–H groups in total. The van der Waals surface area contributed by atoms with Crippen LogP contribution in [0.25, 0.3) is 0 Å². The number of rotatable bonds is 6. The van der Waals surface area contributed by atoms with Gasteiger partial charge >= 0.3 is 0 Å². The van der Waals surface area contributed by atoms with Crippen LogP contribution in [0.3, 0.4) is 0 Å². The average Bonchev–Trinajstić information content (AvgIpc) is 3.04. The van der Waals surface area contributed by atoms with Crippen molar-refractivity contribution < 1.29 is 14.3 Å². The maximum atomic E-state index is 12.6. The van der Waals surface area contributed by atoms with E-state index in [0.29, 0.717) is 13.2 Å². The Morgan fingerprint density at radius 1 is 1.28 bits per heavy atom. The monoisotopic (exact) mass is 359 g/mol. The fourth-order valence-corrected chi connectivity index (χ4v) is 4.28. The van der Waals surface area contributed by atoms with Crippen LogP contribution in [-0.2, 0) is 12.8 Å². The maximum absolute atomic E-state index is 12.6. The summed E-state index contributed by atoms with van der Waals surface area (Å²) in [6.07, 6.45) is 3.44. The summed E-state index contributed by atoms with van der Waals surface area (Å²) < 4.78 is 10.8. The summed E-state index contributed by atoms with van der Waals surface area (Å²) in [5.74, 6) is 2.39. The number of likely N-dealkylation sites (N-methyl/N-ethyl adjacent to an activating group) is 1. The molecule has 1 amide bonds. The molecule has 0 spiro atoms. The van der Waals surface area contributed by atoms with Gasteiger partial charge in [-0.25, -0.2) is 0 Å². The second-order valence-electron chi connectivity index (χ2n) is 6.66. The van der Waals surface area contributed by atoms with Crippen LogP contribution in [0.15, 0.2) is 30.3 Å². The summed E-state index contributed by atoms with van der Waals surface area (Å²) in [6, 6.07) is 9.56. The van der Waals surface area contributed by atoms with Crippen LogP contribution in [0.2, 0.25) is 0 Å². The molecule has 5 heteroatoms. The fraction of sp³-hybridized carbons (Fsp3) is 0.450. The molecular weight excluding hydrogens is 334 g/mol. The third-order valence-electron chi connectivity index (χ3n) is 4.64. The lowest BCUT2D eigenvalue weighted by molar-refractivity contribution is 0.0778. The molecule has 1 aromatic carbocycles. The van der Waals surface area contributed by atoms with E-state index in [0.717, 1.165) is 35.1 Å². The van der Waals surface area contributed by atoms with Crippen molar-refractivity contribution in [1.82, 2.24) is 4.90 Å². The zero-order valence-corrected chi connectivity index (χ0v) is 15.9. The number of aryl methyl sites for hydroxylation is 1. The molecule has 0 bridgehead atoms. The normalized spacial score (nSPS) is 16.2. The molecule has 0 saturated heterocycles. The van der Waals surface area contributed by atoms with Crippen LogP contribution >= 0.6 is 11.3 Å². The summed E-state index contributed by atoms with van der Waals surface area (Å²) in [5.41, 5.74) is 1.37. The topological polar surface area (TPSA) is 38.8 Å². The van der Waals surface area contributed by atoms with E-state index < -0.39 is 0 Å². The standard InChI is InChI=1S/C20H25NO3S/c1-14-4-9-18-15(12-14)13-19(25-18)20(22)21(2)10-11-24-17-7-5-16(23-3)6-8-17/h5-8,13-14H,4,9-12H2,1-3H3/t14-/m0/s1. The number of carbonyl (C=O) groups excluding carboxylic acids is 1. The van der Waals surface area contributed by atoms with Gasteiger partial charge in [0, 0.05) is 11.9 Å². The van der Waals surface area contributed by atoms with Gasteiger partial charge in [0.15, 0.2) is 0 Å². The molecule has 0 unspecified atom stereocenters. The number of methoxy groups -OCH3 is 1. The van der Waals surface area contributed by atoms with Crippen LogP contribution in [-0.4, -0.2) is 38.1 Å². The summed E-state index contributed by atoms with van der Waals surface area (Å²) in [4.78, 5) is 16.6. The third kappa shape index (κ3) is 4.34. The number of carbonyl (C=O) groups is 1. The van der Waals surface area contributed by atoms with E-state index in [1.54, 1.807) is 23.3 Å². The summed E-state index contributed by atoms with van der Waals surface area (Å²) in [6.45, 7) is 3.31. The first kappa shape index (κ1) is 17.8. The largest absolute Gasteiger partial charge is 0.497 e. The summed E-state index contributed by atoms with van der Waals surface area (Å²) >= 11 is 1.66. The third-order valence-corrected chi connectivity index (χ3v) is 5.87. The molecule has 1 atom stereocenters. The fourth-order valence-electron chi connectivity index (χ4n) is 3.07. The lowest BCUT2D eigenvalue weighted by Crippen LogP contribution is -2.30. The lowest BCUT2D eigenvalue weighted by Gasteiger charge is -2.16. The first-order chi connectivity index (χ1) is 12.1. The summed E-state index contributed by atoms with van der Waals surface area (Å²) in [5, 5.41) is 0. The van der Waals surface area contributed by atoms with Crippen LogP contribution in [0.5, 0.6) is 11.5 Å². The number of hydrogen-bond donors (Lipinski definition) is 0. The Morgan fingerprint density at radius 3 is 2.72 bits per heavy atom. The highest BCUT2D eigenvalue weighted by atomic mass is 32.1. The van der Waals surface area contributed by atoms with E-state index >= 15 is 0 Å². The summed E-state index contributed by atoms with van der Waals surface area (Å²) in [7, 11) is 3.47. The van der Waals surface area contributed by atoms with E-state index in [9.17, 15) is 4.79 Å². The highest BCUT2D eigenvalue weighted by Gasteiger charge is 2.22. The Kier molecular flexibility index (Phi) is 5.63. The number of amides is 1.